The zero-order chi connectivity index (χ0) is 18.0. The largest absolute Gasteiger partial charge is 0.371 e. The summed E-state index contributed by atoms with van der Waals surface area (Å²) >= 11 is 0. The number of nitrogens with zero attached hydrogens (tertiary/aromatic N) is 3. The third kappa shape index (κ3) is 3.57. The molecule has 2 saturated heterocycles. The van der Waals surface area contributed by atoms with Crippen molar-refractivity contribution in [2.75, 3.05) is 31.1 Å². The number of aromatic nitrogens is 1. The third-order valence-electron chi connectivity index (χ3n) is 5.70. The van der Waals surface area contributed by atoms with Crippen LogP contribution in [0.25, 0.3) is 0 Å². The number of carbonyl (C=O) groups excluding carboxylic acids is 1. The molecule has 26 heavy (non-hydrogen) atoms. The number of piperidine rings is 1. The molecule has 1 spiro atoms. The van der Waals surface area contributed by atoms with Gasteiger partial charge in [-0.2, -0.15) is 0 Å². The van der Waals surface area contributed by atoms with E-state index in [1.807, 2.05) is 23.1 Å². The summed E-state index contributed by atoms with van der Waals surface area (Å²) in [5.74, 6) is -0.0124. The van der Waals surface area contributed by atoms with Gasteiger partial charge in [-0.1, -0.05) is 12.1 Å². The van der Waals surface area contributed by atoms with Gasteiger partial charge >= 0.3 is 0 Å². The van der Waals surface area contributed by atoms with Gasteiger partial charge < -0.3 is 9.80 Å². The second kappa shape index (κ2) is 7.06. The van der Waals surface area contributed by atoms with Gasteiger partial charge in [0.1, 0.15) is 5.82 Å². The van der Waals surface area contributed by atoms with Crippen molar-refractivity contribution in [3.63, 3.8) is 0 Å². The monoisotopic (exact) mass is 353 g/mol. The molecule has 0 saturated carbocycles. The number of halogens is 1. The Balaban J connectivity index is 1.42. The molecule has 1 amide bonds. The number of hydrogen-bond donors (Lipinski definition) is 0. The van der Waals surface area contributed by atoms with Gasteiger partial charge in [0, 0.05) is 49.7 Å². The Morgan fingerprint density at radius 2 is 2.08 bits per heavy atom. The highest BCUT2D eigenvalue weighted by molar-refractivity contribution is 5.78. The molecule has 1 atom stereocenters. The van der Waals surface area contributed by atoms with Gasteiger partial charge in [-0.15, -0.1) is 0 Å². The van der Waals surface area contributed by atoms with E-state index in [0.29, 0.717) is 6.42 Å². The summed E-state index contributed by atoms with van der Waals surface area (Å²) in [6.07, 6.45) is 7.13. The van der Waals surface area contributed by atoms with Crippen LogP contribution in [0, 0.1) is 11.2 Å². The van der Waals surface area contributed by atoms with Crippen molar-refractivity contribution in [2.24, 2.45) is 5.41 Å². The van der Waals surface area contributed by atoms with E-state index in [9.17, 15) is 9.18 Å². The normalized spacial score (nSPS) is 22.8. The third-order valence-corrected chi connectivity index (χ3v) is 5.70. The minimum Gasteiger partial charge on any atom is -0.371 e. The van der Waals surface area contributed by atoms with Crippen LogP contribution in [0.2, 0.25) is 0 Å². The zero-order valence-electron chi connectivity index (χ0n) is 14.9. The van der Waals surface area contributed by atoms with Gasteiger partial charge in [0.15, 0.2) is 0 Å². The maximum Gasteiger partial charge on any atom is 0.227 e. The molecule has 0 N–H and O–H groups in total. The molecule has 0 unspecified atom stereocenters. The lowest BCUT2D eigenvalue weighted by Gasteiger charge is -2.40. The predicted molar refractivity (Wildman–Crippen MR) is 99.4 cm³/mol. The minimum absolute atomic E-state index is 0.134. The van der Waals surface area contributed by atoms with Crippen molar-refractivity contribution in [1.29, 1.82) is 0 Å². The first-order valence-electron chi connectivity index (χ1n) is 9.31. The molecule has 1 aromatic carbocycles. The van der Waals surface area contributed by atoms with E-state index in [4.69, 9.17) is 0 Å². The fourth-order valence-corrected chi connectivity index (χ4v) is 4.37. The average Bonchev–Trinajstić information content (AvgIpc) is 3.06. The molecular weight excluding hydrogens is 329 g/mol. The molecule has 0 bridgehead atoms. The lowest BCUT2D eigenvalue weighted by Crippen LogP contribution is -2.47. The SMILES string of the molecule is O=C(Cc1cccnc1)N1CCC[C@@]2(CCN(c3cccc(F)c3)C2)C1. The van der Waals surface area contributed by atoms with Gasteiger partial charge in [-0.3, -0.25) is 9.78 Å². The van der Waals surface area contributed by atoms with Crippen LogP contribution < -0.4 is 4.90 Å². The van der Waals surface area contributed by atoms with Gasteiger partial charge in [-0.25, -0.2) is 4.39 Å². The Bertz CT molecular complexity index is 782. The molecule has 2 aliphatic rings. The van der Waals surface area contributed by atoms with Crippen LogP contribution in [-0.2, 0) is 11.2 Å². The van der Waals surface area contributed by atoms with Crippen LogP contribution in [0.5, 0.6) is 0 Å². The fraction of sp³-hybridized carbons (Fsp3) is 0.429. The van der Waals surface area contributed by atoms with Gasteiger partial charge in [0.2, 0.25) is 5.91 Å². The summed E-state index contributed by atoms with van der Waals surface area (Å²) in [4.78, 5) is 21.1. The second-order valence-corrected chi connectivity index (χ2v) is 7.61. The maximum absolute atomic E-state index is 13.5. The van der Waals surface area contributed by atoms with Crippen molar-refractivity contribution < 1.29 is 9.18 Å². The number of likely N-dealkylation sites (tertiary alicyclic amines) is 1. The van der Waals surface area contributed by atoms with Crippen molar-refractivity contribution >= 4 is 11.6 Å². The summed E-state index contributed by atoms with van der Waals surface area (Å²) in [6.45, 7) is 3.46. The zero-order valence-corrected chi connectivity index (χ0v) is 14.9. The van der Waals surface area contributed by atoms with Crippen LogP contribution in [0.4, 0.5) is 10.1 Å². The molecule has 2 aliphatic heterocycles. The van der Waals surface area contributed by atoms with E-state index in [-0.39, 0.29) is 17.1 Å². The lowest BCUT2D eigenvalue weighted by atomic mass is 9.79. The molecular formula is C21H24FN3O. The van der Waals surface area contributed by atoms with Gasteiger partial charge in [-0.05, 0) is 49.1 Å². The van der Waals surface area contributed by atoms with Crippen LogP contribution in [0.3, 0.4) is 0 Å². The van der Waals surface area contributed by atoms with Crippen molar-refractivity contribution in [2.45, 2.75) is 25.7 Å². The number of anilines is 1. The summed E-state index contributed by atoms with van der Waals surface area (Å²) < 4.78 is 13.5. The van der Waals surface area contributed by atoms with E-state index in [0.717, 1.165) is 56.7 Å². The molecule has 3 heterocycles. The molecule has 5 heteroatoms. The van der Waals surface area contributed by atoms with Crippen LogP contribution in [-0.4, -0.2) is 42.0 Å². The highest BCUT2D eigenvalue weighted by atomic mass is 19.1. The van der Waals surface area contributed by atoms with Crippen molar-refractivity contribution in [1.82, 2.24) is 9.88 Å². The quantitative estimate of drug-likeness (QED) is 0.850. The number of pyridine rings is 1. The second-order valence-electron chi connectivity index (χ2n) is 7.61. The van der Waals surface area contributed by atoms with Crippen molar-refractivity contribution in [3.05, 3.63) is 60.2 Å². The van der Waals surface area contributed by atoms with Crippen molar-refractivity contribution in [3.8, 4) is 0 Å². The smallest absolute Gasteiger partial charge is 0.227 e. The summed E-state index contributed by atoms with van der Waals surface area (Å²) in [6, 6.07) is 10.6. The summed E-state index contributed by atoms with van der Waals surface area (Å²) in [5.41, 5.74) is 2.04. The Kier molecular flexibility index (Phi) is 4.62. The number of carbonyl (C=O) groups is 1. The topological polar surface area (TPSA) is 36.4 Å². The molecule has 2 fully saturated rings. The van der Waals surface area contributed by atoms with E-state index in [1.54, 1.807) is 24.5 Å². The first-order chi connectivity index (χ1) is 12.6. The minimum atomic E-state index is -0.194. The molecule has 4 rings (SSSR count). The van der Waals surface area contributed by atoms with Gasteiger partial charge in [0.05, 0.1) is 6.42 Å². The first-order valence-corrected chi connectivity index (χ1v) is 9.31. The Morgan fingerprint density at radius 3 is 2.88 bits per heavy atom. The number of benzene rings is 1. The molecule has 136 valence electrons. The average molecular weight is 353 g/mol. The maximum atomic E-state index is 13.5. The van der Waals surface area contributed by atoms with Crippen LogP contribution in [0.1, 0.15) is 24.8 Å². The summed E-state index contributed by atoms with van der Waals surface area (Å²) in [5, 5.41) is 0. The number of amides is 1. The summed E-state index contributed by atoms with van der Waals surface area (Å²) in [7, 11) is 0. The highest BCUT2D eigenvalue weighted by Crippen LogP contribution is 2.40. The Hall–Kier alpha value is -2.43. The molecule has 1 aromatic heterocycles. The van der Waals surface area contributed by atoms with Gasteiger partial charge in [0.25, 0.3) is 0 Å². The molecule has 2 aromatic rings. The van der Waals surface area contributed by atoms with E-state index in [1.165, 1.54) is 6.07 Å². The standard InChI is InChI=1S/C21H24FN3O/c22-18-5-1-6-19(13-18)24-11-8-21(15-24)7-3-10-25(16-21)20(26)12-17-4-2-9-23-14-17/h1-2,4-6,9,13-14H,3,7-8,10-12,15-16H2/t21-/m0/s1. The fourth-order valence-electron chi connectivity index (χ4n) is 4.37. The number of rotatable bonds is 3. The van der Waals surface area contributed by atoms with E-state index in [2.05, 4.69) is 9.88 Å². The number of hydrogen-bond acceptors (Lipinski definition) is 3. The Labute approximate surface area is 153 Å². The Morgan fingerprint density at radius 1 is 1.15 bits per heavy atom. The van der Waals surface area contributed by atoms with E-state index >= 15 is 0 Å². The molecule has 4 nitrogen and oxygen atoms in total. The molecule has 0 radical (unpaired) electrons. The molecule has 0 aliphatic carbocycles. The lowest BCUT2D eigenvalue weighted by molar-refractivity contribution is -0.133. The van der Waals surface area contributed by atoms with Crippen LogP contribution in [0.15, 0.2) is 48.8 Å². The van der Waals surface area contributed by atoms with Crippen LogP contribution >= 0.6 is 0 Å². The predicted octanol–water partition coefficient (Wildman–Crippen LogP) is 3.28. The highest BCUT2D eigenvalue weighted by Gasteiger charge is 2.42. The first kappa shape index (κ1) is 17.0. The van der Waals surface area contributed by atoms with E-state index < -0.39 is 0 Å².